The summed E-state index contributed by atoms with van der Waals surface area (Å²) < 4.78 is 4.71. The second-order valence-electron chi connectivity index (χ2n) is 3.75. The Morgan fingerprint density at radius 2 is 2.25 bits per heavy atom. The summed E-state index contributed by atoms with van der Waals surface area (Å²) in [4.78, 5) is 11.5. The standard InChI is InChI=1S/C12H18N2O2/c1-4-8(2)14-11-6-5-9(13)7-10(11)12(15)16-3/h5-8,14H,4,13H2,1-3H3/t8-/m0/s1. The lowest BCUT2D eigenvalue weighted by atomic mass is 10.1. The summed E-state index contributed by atoms with van der Waals surface area (Å²) in [6, 6.07) is 5.48. The number of carbonyl (C=O) groups is 1. The van der Waals surface area contributed by atoms with Crippen molar-refractivity contribution < 1.29 is 9.53 Å². The Bertz CT molecular complexity index is 377. The van der Waals surface area contributed by atoms with Crippen molar-refractivity contribution in [2.45, 2.75) is 26.3 Å². The van der Waals surface area contributed by atoms with E-state index < -0.39 is 0 Å². The van der Waals surface area contributed by atoms with Crippen LogP contribution >= 0.6 is 0 Å². The number of benzene rings is 1. The second kappa shape index (κ2) is 5.39. The van der Waals surface area contributed by atoms with E-state index in [0.717, 1.165) is 12.1 Å². The average Bonchev–Trinajstić information content (AvgIpc) is 2.30. The molecule has 0 aliphatic carbocycles. The number of carbonyl (C=O) groups excluding carboxylic acids is 1. The molecule has 1 rings (SSSR count). The highest BCUT2D eigenvalue weighted by atomic mass is 16.5. The van der Waals surface area contributed by atoms with E-state index in [1.807, 2.05) is 0 Å². The van der Waals surface area contributed by atoms with Crippen LogP contribution in [0.25, 0.3) is 0 Å². The highest BCUT2D eigenvalue weighted by molar-refractivity contribution is 5.96. The number of methoxy groups -OCH3 is 1. The van der Waals surface area contributed by atoms with Crippen LogP contribution in [0, 0.1) is 0 Å². The molecule has 1 aromatic rings. The Hall–Kier alpha value is -1.71. The molecule has 3 N–H and O–H groups in total. The first kappa shape index (κ1) is 12.4. The molecular formula is C12H18N2O2. The minimum atomic E-state index is -0.377. The molecule has 0 unspecified atom stereocenters. The number of nitrogen functional groups attached to an aromatic ring is 1. The van der Waals surface area contributed by atoms with E-state index in [1.165, 1.54) is 7.11 Å². The predicted octanol–water partition coefficient (Wildman–Crippen LogP) is 2.27. The largest absolute Gasteiger partial charge is 0.465 e. The molecular weight excluding hydrogens is 204 g/mol. The summed E-state index contributed by atoms with van der Waals surface area (Å²) in [5.41, 5.74) is 7.43. The number of nitrogens with one attached hydrogen (secondary N) is 1. The quantitative estimate of drug-likeness (QED) is 0.606. The highest BCUT2D eigenvalue weighted by Gasteiger charge is 2.13. The van der Waals surface area contributed by atoms with Gasteiger partial charge >= 0.3 is 5.97 Å². The normalized spacial score (nSPS) is 11.9. The summed E-state index contributed by atoms with van der Waals surface area (Å²) in [6.45, 7) is 4.13. The first-order valence-corrected chi connectivity index (χ1v) is 5.32. The van der Waals surface area contributed by atoms with E-state index in [0.29, 0.717) is 17.3 Å². The average molecular weight is 222 g/mol. The van der Waals surface area contributed by atoms with Crippen molar-refractivity contribution in [3.63, 3.8) is 0 Å². The molecule has 1 aromatic carbocycles. The minimum Gasteiger partial charge on any atom is -0.465 e. The van der Waals surface area contributed by atoms with Gasteiger partial charge in [-0.3, -0.25) is 0 Å². The van der Waals surface area contributed by atoms with Crippen LogP contribution in [0.15, 0.2) is 18.2 Å². The number of nitrogens with two attached hydrogens (primary N) is 1. The van der Waals surface area contributed by atoms with Gasteiger partial charge in [0.25, 0.3) is 0 Å². The molecule has 88 valence electrons. The third-order valence-electron chi connectivity index (χ3n) is 2.46. The van der Waals surface area contributed by atoms with E-state index >= 15 is 0 Å². The molecule has 0 saturated carbocycles. The van der Waals surface area contributed by atoms with E-state index in [1.54, 1.807) is 18.2 Å². The van der Waals surface area contributed by atoms with Gasteiger partial charge in [-0.15, -0.1) is 0 Å². The van der Waals surface area contributed by atoms with Crippen LogP contribution in [0.3, 0.4) is 0 Å². The molecule has 4 nitrogen and oxygen atoms in total. The highest BCUT2D eigenvalue weighted by Crippen LogP contribution is 2.21. The van der Waals surface area contributed by atoms with Crippen LogP contribution in [0.2, 0.25) is 0 Å². The molecule has 0 radical (unpaired) electrons. The van der Waals surface area contributed by atoms with Gasteiger partial charge in [0, 0.05) is 17.4 Å². The fraction of sp³-hybridized carbons (Fsp3) is 0.417. The third-order valence-corrected chi connectivity index (χ3v) is 2.46. The zero-order chi connectivity index (χ0) is 12.1. The molecule has 0 aromatic heterocycles. The molecule has 1 atom stereocenters. The zero-order valence-electron chi connectivity index (χ0n) is 9.91. The van der Waals surface area contributed by atoms with Gasteiger partial charge in [0.2, 0.25) is 0 Å². The van der Waals surface area contributed by atoms with Crippen molar-refractivity contribution in [2.75, 3.05) is 18.2 Å². The summed E-state index contributed by atoms with van der Waals surface area (Å²) in [5.74, 6) is -0.377. The third kappa shape index (κ3) is 2.89. The van der Waals surface area contributed by atoms with Crippen LogP contribution in [-0.4, -0.2) is 19.1 Å². The van der Waals surface area contributed by atoms with Gasteiger partial charge in [-0.2, -0.15) is 0 Å². The number of hydrogen-bond acceptors (Lipinski definition) is 4. The molecule has 0 heterocycles. The van der Waals surface area contributed by atoms with Gasteiger partial charge < -0.3 is 15.8 Å². The van der Waals surface area contributed by atoms with Crippen molar-refractivity contribution in [2.24, 2.45) is 0 Å². The van der Waals surface area contributed by atoms with Crippen LogP contribution in [0.5, 0.6) is 0 Å². The first-order chi connectivity index (χ1) is 7.58. The van der Waals surface area contributed by atoms with Gasteiger partial charge in [0.05, 0.1) is 12.7 Å². The minimum absolute atomic E-state index is 0.298. The summed E-state index contributed by atoms with van der Waals surface area (Å²) in [7, 11) is 1.36. The monoisotopic (exact) mass is 222 g/mol. The lowest BCUT2D eigenvalue weighted by molar-refractivity contribution is 0.0602. The van der Waals surface area contributed by atoms with Crippen molar-refractivity contribution in [1.29, 1.82) is 0 Å². The number of esters is 1. The van der Waals surface area contributed by atoms with Crippen molar-refractivity contribution >= 4 is 17.3 Å². The Labute approximate surface area is 95.8 Å². The fourth-order valence-electron chi connectivity index (χ4n) is 1.33. The van der Waals surface area contributed by atoms with Crippen LogP contribution in [-0.2, 0) is 4.74 Å². The van der Waals surface area contributed by atoms with E-state index in [2.05, 4.69) is 19.2 Å². The summed E-state index contributed by atoms with van der Waals surface area (Å²) >= 11 is 0. The topological polar surface area (TPSA) is 64.3 Å². The van der Waals surface area contributed by atoms with Crippen molar-refractivity contribution in [3.05, 3.63) is 23.8 Å². The number of hydrogen-bond donors (Lipinski definition) is 2. The van der Waals surface area contributed by atoms with E-state index in [9.17, 15) is 4.79 Å². The van der Waals surface area contributed by atoms with Gasteiger partial charge in [-0.1, -0.05) is 6.92 Å². The predicted molar refractivity (Wildman–Crippen MR) is 65.6 cm³/mol. The molecule has 0 amide bonds. The van der Waals surface area contributed by atoms with Crippen molar-refractivity contribution in [3.8, 4) is 0 Å². The molecule has 16 heavy (non-hydrogen) atoms. The molecule has 0 spiro atoms. The summed E-state index contributed by atoms with van der Waals surface area (Å²) in [6.07, 6.45) is 0.977. The maximum absolute atomic E-state index is 11.5. The summed E-state index contributed by atoms with van der Waals surface area (Å²) in [5, 5.41) is 3.25. The Morgan fingerprint density at radius 1 is 1.56 bits per heavy atom. The van der Waals surface area contributed by atoms with Gasteiger partial charge in [-0.05, 0) is 31.5 Å². The lowest BCUT2D eigenvalue weighted by Crippen LogP contribution is -2.16. The Kier molecular flexibility index (Phi) is 4.17. The SMILES string of the molecule is CC[C@H](C)Nc1ccc(N)cc1C(=O)OC. The molecule has 0 saturated heterocycles. The molecule has 4 heteroatoms. The molecule has 0 aliphatic heterocycles. The van der Waals surface area contributed by atoms with E-state index in [-0.39, 0.29) is 5.97 Å². The maximum atomic E-state index is 11.5. The van der Waals surface area contributed by atoms with Gasteiger partial charge in [0.15, 0.2) is 0 Å². The molecule has 0 aliphatic rings. The number of ether oxygens (including phenoxy) is 1. The first-order valence-electron chi connectivity index (χ1n) is 5.32. The van der Waals surface area contributed by atoms with Crippen LogP contribution in [0.1, 0.15) is 30.6 Å². The molecule has 0 fully saturated rings. The molecule has 0 bridgehead atoms. The number of anilines is 2. The van der Waals surface area contributed by atoms with Gasteiger partial charge in [0.1, 0.15) is 0 Å². The smallest absolute Gasteiger partial charge is 0.340 e. The van der Waals surface area contributed by atoms with Crippen LogP contribution in [0.4, 0.5) is 11.4 Å². The Morgan fingerprint density at radius 3 is 2.81 bits per heavy atom. The van der Waals surface area contributed by atoms with E-state index in [4.69, 9.17) is 10.5 Å². The Balaban J connectivity index is 3.02. The maximum Gasteiger partial charge on any atom is 0.340 e. The van der Waals surface area contributed by atoms with Crippen LogP contribution < -0.4 is 11.1 Å². The van der Waals surface area contributed by atoms with Crippen molar-refractivity contribution in [1.82, 2.24) is 0 Å². The fourth-order valence-corrected chi connectivity index (χ4v) is 1.33. The lowest BCUT2D eigenvalue weighted by Gasteiger charge is -2.16. The van der Waals surface area contributed by atoms with Gasteiger partial charge in [-0.25, -0.2) is 4.79 Å². The zero-order valence-corrected chi connectivity index (χ0v) is 9.91. The number of rotatable bonds is 4. The second-order valence-corrected chi connectivity index (χ2v) is 3.75.